The number of benzene rings is 2. The van der Waals surface area contributed by atoms with Crippen molar-refractivity contribution in [3.63, 3.8) is 0 Å². The van der Waals surface area contributed by atoms with Crippen LogP contribution in [0.3, 0.4) is 0 Å². The second-order valence-electron chi connectivity index (χ2n) is 4.21. The lowest BCUT2D eigenvalue weighted by Gasteiger charge is -2.01. The lowest BCUT2D eigenvalue weighted by Crippen LogP contribution is -2.03. The van der Waals surface area contributed by atoms with Crippen LogP contribution < -0.4 is 5.43 Å². The molecule has 0 aliphatic rings. The number of nitrogens with one attached hydrogen (secondary N) is 2. The highest BCUT2D eigenvalue weighted by atomic mass is 16.1. The van der Waals surface area contributed by atoms with E-state index >= 15 is 0 Å². The van der Waals surface area contributed by atoms with Gasteiger partial charge in [0.1, 0.15) is 0 Å². The molecule has 2 aromatic heterocycles. The van der Waals surface area contributed by atoms with Crippen LogP contribution >= 0.6 is 0 Å². The van der Waals surface area contributed by atoms with Gasteiger partial charge in [-0.3, -0.25) is 9.89 Å². The van der Waals surface area contributed by atoms with Crippen LogP contribution in [0, 0.1) is 0 Å². The smallest absolute Gasteiger partial charge is 0.197 e. The average molecular weight is 264 g/mol. The maximum absolute atomic E-state index is 12.1. The maximum atomic E-state index is 12.1. The summed E-state index contributed by atoms with van der Waals surface area (Å²) in [7, 11) is 0. The van der Waals surface area contributed by atoms with Gasteiger partial charge < -0.3 is 4.98 Å². The van der Waals surface area contributed by atoms with E-state index < -0.39 is 0 Å². The zero-order valence-electron chi connectivity index (χ0n) is 10.6. The molecule has 0 saturated carbocycles. The van der Waals surface area contributed by atoms with Gasteiger partial charge in [0.15, 0.2) is 5.43 Å². The molecule has 5 heteroatoms. The summed E-state index contributed by atoms with van der Waals surface area (Å²) in [5, 5.41) is 10.8. The molecule has 0 fully saturated rings. The lowest BCUT2D eigenvalue weighted by atomic mass is 10.1. The van der Waals surface area contributed by atoms with Gasteiger partial charge in [0.25, 0.3) is 0 Å². The first-order chi connectivity index (χ1) is 9.86. The van der Waals surface area contributed by atoms with E-state index in [9.17, 15) is 4.79 Å². The zero-order valence-corrected chi connectivity index (χ0v) is 10.6. The molecule has 5 nitrogen and oxygen atoms in total. The van der Waals surface area contributed by atoms with Crippen LogP contribution in [0.25, 0.3) is 21.8 Å². The van der Waals surface area contributed by atoms with Gasteiger partial charge in [-0.1, -0.05) is 29.5 Å². The number of para-hydroxylation sites is 2. The Balaban J connectivity index is 0.000000205. The Kier molecular flexibility index (Phi) is 3.24. The number of H-pyrrole nitrogens is 2. The summed E-state index contributed by atoms with van der Waals surface area (Å²) < 4.78 is 0. The van der Waals surface area contributed by atoms with Gasteiger partial charge in [-0.2, -0.15) is 0 Å². The lowest BCUT2D eigenvalue weighted by molar-refractivity contribution is 0.940. The quantitative estimate of drug-likeness (QED) is 0.479. The van der Waals surface area contributed by atoms with Gasteiger partial charge in [0.05, 0.1) is 6.20 Å². The van der Waals surface area contributed by atoms with Gasteiger partial charge in [-0.15, -0.1) is 5.10 Å². The number of rotatable bonds is 0. The summed E-state index contributed by atoms with van der Waals surface area (Å²) in [5.74, 6) is 0. The molecule has 0 aliphatic heterocycles. The molecular formula is C15H12N4O. The Labute approximate surface area is 114 Å². The fraction of sp³-hybridized carbons (Fsp3) is 0. The molecule has 0 saturated heterocycles. The van der Waals surface area contributed by atoms with Crippen LogP contribution in [0.5, 0.6) is 0 Å². The van der Waals surface area contributed by atoms with Crippen molar-refractivity contribution in [1.82, 2.24) is 20.4 Å². The summed E-state index contributed by atoms with van der Waals surface area (Å²) in [4.78, 5) is 15.3. The summed E-state index contributed by atoms with van der Waals surface area (Å²) in [6.45, 7) is 0. The van der Waals surface area contributed by atoms with Crippen molar-refractivity contribution in [2.24, 2.45) is 0 Å². The molecule has 0 unspecified atom stereocenters. The molecule has 0 aliphatic carbocycles. The zero-order chi connectivity index (χ0) is 13.8. The molecule has 2 heterocycles. The monoisotopic (exact) mass is 264 g/mol. The molecule has 2 aromatic carbocycles. The Hall–Kier alpha value is -2.95. The van der Waals surface area contributed by atoms with Gasteiger partial charge in [0.2, 0.25) is 0 Å². The van der Waals surface area contributed by atoms with E-state index in [1.165, 1.54) is 0 Å². The standard InChI is InChI=1S/C13H9NO.C2H3N3/c15-13-9-5-1-3-7-11(9)14-12-8-4-2-6-10(12)13;1-2-4-5-3-1/h1-8H,(H,14,15);1-2H,(H,3,4,5). The van der Waals surface area contributed by atoms with E-state index in [4.69, 9.17) is 0 Å². The van der Waals surface area contributed by atoms with Gasteiger partial charge in [-0.25, -0.2) is 0 Å². The fourth-order valence-electron chi connectivity index (χ4n) is 2.04. The molecule has 20 heavy (non-hydrogen) atoms. The molecular weight excluding hydrogens is 252 g/mol. The van der Waals surface area contributed by atoms with Crippen molar-refractivity contribution in [2.75, 3.05) is 0 Å². The molecule has 98 valence electrons. The summed E-state index contributed by atoms with van der Waals surface area (Å²) >= 11 is 0. The number of hydrogen-bond acceptors (Lipinski definition) is 3. The Morgan fingerprint density at radius 2 is 1.45 bits per heavy atom. The number of aromatic amines is 2. The maximum Gasteiger partial charge on any atom is 0.197 e. The number of fused-ring (bicyclic) bond motifs is 2. The molecule has 0 bridgehead atoms. The van der Waals surface area contributed by atoms with E-state index in [2.05, 4.69) is 20.4 Å². The van der Waals surface area contributed by atoms with Crippen molar-refractivity contribution < 1.29 is 0 Å². The van der Waals surface area contributed by atoms with E-state index in [1.54, 1.807) is 12.4 Å². The minimum Gasteiger partial charge on any atom is -0.354 e. The van der Waals surface area contributed by atoms with Crippen LogP contribution in [-0.2, 0) is 0 Å². The average Bonchev–Trinajstić information content (AvgIpc) is 3.07. The highest BCUT2D eigenvalue weighted by Gasteiger charge is 2.02. The fourth-order valence-corrected chi connectivity index (χ4v) is 2.04. The summed E-state index contributed by atoms with van der Waals surface area (Å²) in [5.41, 5.74) is 1.88. The molecule has 0 amide bonds. The Morgan fingerprint density at radius 3 is 1.90 bits per heavy atom. The van der Waals surface area contributed by atoms with Crippen molar-refractivity contribution in [1.29, 1.82) is 0 Å². The normalized spacial score (nSPS) is 10.2. The number of hydrogen-bond donors (Lipinski definition) is 2. The van der Waals surface area contributed by atoms with E-state index in [1.807, 2.05) is 48.5 Å². The van der Waals surface area contributed by atoms with Crippen LogP contribution in [0.2, 0.25) is 0 Å². The molecule has 0 atom stereocenters. The first-order valence-electron chi connectivity index (χ1n) is 6.16. The van der Waals surface area contributed by atoms with Crippen LogP contribution in [0.15, 0.2) is 65.7 Å². The van der Waals surface area contributed by atoms with E-state index in [0.29, 0.717) is 0 Å². The minimum atomic E-state index is 0.0972. The predicted molar refractivity (Wildman–Crippen MR) is 78.5 cm³/mol. The van der Waals surface area contributed by atoms with E-state index in [0.717, 1.165) is 21.8 Å². The number of nitrogens with zero attached hydrogens (tertiary/aromatic N) is 2. The first kappa shape index (κ1) is 12.1. The third-order valence-corrected chi connectivity index (χ3v) is 2.94. The number of aromatic nitrogens is 4. The van der Waals surface area contributed by atoms with Crippen LogP contribution in [-0.4, -0.2) is 20.4 Å². The highest BCUT2D eigenvalue weighted by molar-refractivity contribution is 5.92. The molecule has 0 radical (unpaired) electrons. The molecule has 4 aromatic rings. The molecule has 4 rings (SSSR count). The van der Waals surface area contributed by atoms with Crippen molar-refractivity contribution >= 4 is 21.8 Å². The predicted octanol–water partition coefficient (Wildman–Crippen LogP) is 2.49. The summed E-state index contributed by atoms with van der Waals surface area (Å²) in [6, 6.07) is 15.1. The van der Waals surface area contributed by atoms with Crippen LogP contribution in [0.4, 0.5) is 0 Å². The Bertz CT molecular complexity index is 807. The second kappa shape index (κ2) is 5.36. The van der Waals surface area contributed by atoms with Crippen molar-refractivity contribution in [3.8, 4) is 0 Å². The number of pyridine rings is 1. The summed E-state index contributed by atoms with van der Waals surface area (Å²) in [6.07, 6.45) is 3.24. The largest absolute Gasteiger partial charge is 0.354 e. The van der Waals surface area contributed by atoms with Crippen LogP contribution in [0.1, 0.15) is 0 Å². The minimum absolute atomic E-state index is 0.0972. The Morgan fingerprint density at radius 1 is 0.850 bits per heavy atom. The van der Waals surface area contributed by atoms with Gasteiger partial charge in [0, 0.05) is 28.0 Å². The van der Waals surface area contributed by atoms with Gasteiger partial charge >= 0.3 is 0 Å². The van der Waals surface area contributed by atoms with E-state index in [-0.39, 0.29) is 5.43 Å². The molecule has 2 N–H and O–H groups in total. The third-order valence-electron chi connectivity index (χ3n) is 2.94. The highest BCUT2D eigenvalue weighted by Crippen LogP contribution is 2.13. The second-order valence-corrected chi connectivity index (χ2v) is 4.21. The topological polar surface area (TPSA) is 74.4 Å². The third kappa shape index (κ3) is 2.29. The molecule has 0 spiro atoms. The van der Waals surface area contributed by atoms with Gasteiger partial charge in [-0.05, 0) is 24.3 Å². The first-order valence-corrected chi connectivity index (χ1v) is 6.16. The van der Waals surface area contributed by atoms with Crippen molar-refractivity contribution in [3.05, 3.63) is 71.1 Å². The SMILES string of the molecule is O=c1c2ccccc2[nH]c2ccccc12.c1c[nH]nn1. The van der Waals surface area contributed by atoms with Crippen molar-refractivity contribution in [2.45, 2.75) is 0 Å².